The number of aromatic nitrogens is 3. The lowest BCUT2D eigenvalue weighted by atomic mass is 9.99. The third kappa shape index (κ3) is 3.86. The summed E-state index contributed by atoms with van der Waals surface area (Å²) < 4.78 is 17.4. The SMILES string of the molecule is Cc1cc(=O)oc2cc(-n3cc(CO[C@@H]4OC(CO)[C@@H](O)[C@H](O)C4O)nn3)ccc12. The van der Waals surface area contributed by atoms with Crippen LogP contribution >= 0.6 is 0 Å². The van der Waals surface area contributed by atoms with Crippen LogP contribution < -0.4 is 5.63 Å². The number of hydrogen-bond acceptors (Lipinski definition) is 10. The second kappa shape index (κ2) is 8.22. The molecule has 0 spiro atoms. The van der Waals surface area contributed by atoms with Crippen molar-refractivity contribution in [2.24, 2.45) is 0 Å². The van der Waals surface area contributed by atoms with Gasteiger partial charge in [0.05, 0.1) is 25.1 Å². The van der Waals surface area contributed by atoms with E-state index in [0.29, 0.717) is 17.0 Å². The number of hydrogen-bond donors (Lipinski definition) is 4. The van der Waals surface area contributed by atoms with Gasteiger partial charge in [0.15, 0.2) is 6.29 Å². The van der Waals surface area contributed by atoms with Crippen molar-refractivity contribution in [3.8, 4) is 5.69 Å². The average molecular weight is 419 g/mol. The Morgan fingerprint density at radius 3 is 2.73 bits per heavy atom. The molecule has 5 atom stereocenters. The molecule has 4 rings (SSSR count). The first-order valence-electron chi connectivity index (χ1n) is 9.25. The molecule has 3 heterocycles. The molecule has 0 radical (unpaired) electrons. The quantitative estimate of drug-likeness (QED) is 0.378. The molecule has 160 valence electrons. The lowest BCUT2D eigenvalue weighted by molar-refractivity contribution is -0.304. The standard InChI is InChI=1S/C19H21N3O8/c1-9-4-15(24)29-13-5-11(2-3-12(9)13)22-6-10(20-21-22)8-28-19-18(27)17(26)16(25)14(7-23)30-19/h2-6,14,16-19,23,25-27H,7-8H2,1H3/t14?,16-,17+,18?,19-/m1/s1. The van der Waals surface area contributed by atoms with Crippen molar-refractivity contribution in [2.75, 3.05) is 6.61 Å². The summed E-state index contributed by atoms with van der Waals surface area (Å²) in [6.07, 6.45) is -5.21. The summed E-state index contributed by atoms with van der Waals surface area (Å²) in [5.74, 6) is 0. The van der Waals surface area contributed by atoms with Crippen molar-refractivity contribution < 1.29 is 34.3 Å². The number of rotatable bonds is 5. The first-order valence-corrected chi connectivity index (χ1v) is 9.25. The molecule has 11 heteroatoms. The lowest BCUT2D eigenvalue weighted by Crippen LogP contribution is -2.59. The molecule has 11 nitrogen and oxygen atoms in total. The second-order valence-electron chi connectivity index (χ2n) is 7.09. The zero-order valence-corrected chi connectivity index (χ0v) is 16.0. The minimum absolute atomic E-state index is 0.107. The molecule has 1 aromatic carbocycles. The highest BCUT2D eigenvalue weighted by molar-refractivity contribution is 5.81. The van der Waals surface area contributed by atoms with Gasteiger partial charge in [-0.3, -0.25) is 0 Å². The number of fused-ring (bicyclic) bond motifs is 1. The van der Waals surface area contributed by atoms with Gasteiger partial charge < -0.3 is 34.3 Å². The van der Waals surface area contributed by atoms with E-state index in [0.717, 1.165) is 10.9 Å². The summed E-state index contributed by atoms with van der Waals surface area (Å²) in [6.45, 7) is 1.17. The largest absolute Gasteiger partial charge is 0.423 e. The van der Waals surface area contributed by atoms with E-state index in [4.69, 9.17) is 13.9 Å². The normalized spacial score (nSPS) is 26.9. The fourth-order valence-corrected chi connectivity index (χ4v) is 3.32. The number of aryl methyl sites for hydroxylation is 1. The molecule has 1 fully saturated rings. The Balaban J connectivity index is 1.48. The van der Waals surface area contributed by atoms with E-state index in [-0.39, 0.29) is 6.61 Å². The maximum absolute atomic E-state index is 11.6. The highest BCUT2D eigenvalue weighted by atomic mass is 16.7. The van der Waals surface area contributed by atoms with Gasteiger partial charge in [0.2, 0.25) is 0 Å². The molecule has 2 aromatic heterocycles. The Morgan fingerprint density at radius 1 is 1.17 bits per heavy atom. The van der Waals surface area contributed by atoms with Gasteiger partial charge >= 0.3 is 5.63 Å². The van der Waals surface area contributed by atoms with Crippen LogP contribution in [0, 0.1) is 6.92 Å². The smallest absolute Gasteiger partial charge is 0.336 e. The Hall–Kier alpha value is -2.67. The number of aliphatic hydroxyl groups excluding tert-OH is 4. The number of ether oxygens (including phenoxy) is 2. The zero-order chi connectivity index (χ0) is 21.4. The predicted molar refractivity (Wildman–Crippen MR) is 101 cm³/mol. The van der Waals surface area contributed by atoms with Gasteiger partial charge in [0, 0.05) is 17.5 Å². The summed E-state index contributed by atoms with van der Waals surface area (Å²) >= 11 is 0. The fraction of sp³-hybridized carbons (Fsp3) is 0.421. The van der Waals surface area contributed by atoms with Crippen molar-refractivity contribution in [3.63, 3.8) is 0 Å². The molecule has 4 N–H and O–H groups in total. The number of benzene rings is 1. The van der Waals surface area contributed by atoms with E-state index in [1.54, 1.807) is 18.3 Å². The van der Waals surface area contributed by atoms with Gasteiger partial charge in [-0.2, -0.15) is 0 Å². The molecule has 1 saturated heterocycles. The Morgan fingerprint density at radius 2 is 1.97 bits per heavy atom. The predicted octanol–water partition coefficient (Wildman–Crippen LogP) is -1.00. The molecule has 0 aliphatic carbocycles. The van der Waals surface area contributed by atoms with Crippen molar-refractivity contribution >= 4 is 11.0 Å². The summed E-state index contributed by atoms with van der Waals surface area (Å²) in [6, 6.07) is 6.70. The monoisotopic (exact) mass is 419 g/mol. The van der Waals surface area contributed by atoms with Crippen molar-refractivity contribution in [2.45, 2.75) is 44.2 Å². The van der Waals surface area contributed by atoms with Crippen LogP contribution in [0.25, 0.3) is 16.7 Å². The minimum Gasteiger partial charge on any atom is -0.423 e. The molecule has 30 heavy (non-hydrogen) atoms. The van der Waals surface area contributed by atoms with Crippen LogP contribution in [0.3, 0.4) is 0 Å². The summed E-state index contributed by atoms with van der Waals surface area (Å²) in [4.78, 5) is 11.6. The van der Waals surface area contributed by atoms with Crippen LogP contribution in [-0.4, -0.2) is 72.7 Å². The van der Waals surface area contributed by atoms with Gasteiger partial charge in [-0.15, -0.1) is 5.10 Å². The molecule has 0 bridgehead atoms. The molecule has 2 unspecified atom stereocenters. The Labute approximate surface area is 169 Å². The van der Waals surface area contributed by atoms with E-state index >= 15 is 0 Å². The molecular weight excluding hydrogens is 398 g/mol. The zero-order valence-electron chi connectivity index (χ0n) is 16.0. The maximum atomic E-state index is 11.6. The first kappa shape index (κ1) is 20.6. The van der Waals surface area contributed by atoms with E-state index in [2.05, 4.69) is 10.3 Å². The topological polar surface area (TPSA) is 160 Å². The molecule has 0 amide bonds. The average Bonchev–Trinajstić information content (AvgIpc) is 3.20. The van der Waals surface area contributed by atoms with E-state index in [9.17, 15) is 25.2 Å². The van der Waals surface area contributed by atoms with Gasteiger partial charge in [-0.1, -0.05) is 5.21 Å². The Kier molecular flexibility index (Phi) is 5.64. The summed E-state index contributed by atoms with van der Waals surface area (Å²) in [5.41, 5.74) is 1.80. The maximum Gasteiger partial charge on any atom is 0.336 e. The van der Waals surface area contributed by atoms with Gasteiger partial charge in [0.25, 0.3) is 0 Å². The van der Waals surface area contributed by atoms with Crippen molar-refractivity contribution in [1.29, 1.82) is 0 Å². The summed E-state index contributed by atoms with van der Waals surface area (Å²) in [5, 5.41) is 47.6. The summed E-state index contributed by atoms with van der Waals surface area (Å²) in [7, 11) is 0. The molecule has 3 aromatic rings. The van der Waals surface area contributed by atoms with Crippen LogP contribution in [0.15, 0.2) is 39.7 Å². The highest BCUT2D eigenvalue weighted by Crippen LogP contribution is 2.23. The van der Waals surface area contributed by atoms with Gasteiger partial charge in [-0.05, 0) is 24.6 Å². The number of nitrogens with zero attached hydrogens (tertiary/aromatic N) is 3. The fourth-order valence-electron chi connectivity index (χ4n) is 3.32. The molecule has 1 aliphatic rings. The first-order chi connectivity index (χ1) is 14.4. The van der Waals surface area contributed by atoms with Crippen LogP contribution in [0.5, 0.6) is 0 Å². The second-order valence-corrected chi connectivity index (χ2v) is 7.09. The molecular formula is C19H21N3O8. The van der Waals surface area contributed by atoms with E-state index < -0.39 is 42.9 Å². The van der Waals surface area contributed by atoms with E-state index in [1.165, 1.54) is 10.7 Å². The third-order valence-electron chi connectivity index (χ3n) is 4.98. The lowest BCUT2D eigenvalue weighted by Gasteiger charge is -2.39. The van der Waals surface area contributed by atoms with Gasteiger partial charge in [0.1, 0.15) is 35.7 Å². The van der Waals surface area contributed by atoms with Crippen LogP contribution in [0.1, 0.15) is 11.3 Å². The number of aliphatic hydroxyl groups is 4. The van der Waals surface area contributed by atoms with Crippen LogP contribution in [0.4, 0.5) is 0 Å². The minimum atomic E-state index is -1.52. The van der Waals surface area contributed by atoms with Crippen molar-refractivity contribution in [3.05, 3.63) is 52.1 Å². The van der Waals surface area contributed by atoms with Crippen LogP contribution in [0.2, 0.25) is 0 Å². The van der Waals surface area contributed by atoms with Crippen LogP contribution in [-0.2, 0) is 16.1 Å². The molecule has 0 saturated carbocycles. The van der Waals surface area contributed by atoms with E-state index in [1.807, 2.05) is 13.0 Å². The van der Waals surface area contributed by atoms with Gasteiger partial charge in [-0.25, -0.2) is 9.48 Å². The van der Waals surface area contributed by atoms with Crippen molar-refractivity contribution in [1.82, 2.24) is 15.0 Å². The third-order valence-corrected chi connectivity index (χ3v) is 4.98. The highest BCUT2D eigenvalue weighted by Gasteiger charge is 2.44. The Bertz CT molecular complexity index is 1090. The molecule has 1 aliphatic heterocycles.